The highest BCUT2D eigenvalue weighted by atomic mass is 33.1. The fourth-order valence-electron chi connectivity index (χ4n) is 1.26. The van der Waals surface area contributed by atoms with Gasteiger partial charge < -0.3 is 5.73 Å². The maximum absolute atomic E-state index is 5.41. The third kappa shape index (κ3) is 4.28. The van der Waals surface area contributed by atoms with E-state index in [-0.39, 0.29) is 0 Å². The zero-order valence-corrected chi connectivity index (χ0v) is 8.55. The molecule has 1 saturated heterocycles. The Morgan fingerprint density at radius 1 is 1.27 bits per heavy atom. The van der Waals surface area contributed by atoms with Crippen LogP contribution in [0.5, 0.6) is 0 Å². The second kappa shape index (κ2) is 6.21. The predicted molar refractivity (Wildman–Crippen MR) is 56.0 cm³/mol. The Labute approximate surface area is 77.3 Å². The van der Waals surface area contributed by atoms with Gasteiger partial charge >= 0.3 is 0 Å². The zero-order valence-electron chi connectivity index (χ0n) is 6.92. The van der Waals surface area contributed by atoms with E-state index < -0.39 is 0 Å². The summed E-state index contributed by atoms with van der Waals surface area (Å²) in [7, 11) is 4.12. The van der Waals surface area contributed by atoms with Crippen molar-refractivity contribution in [3.63, 3.8) is 0 Å². The minimum absolute atomic E-state index is 0.868. The van der Waals surface area contributed by atoms with Crippen molar-refractivity contribution < 1.29 is 0 Å². The summed E-state index contributed by atoms with van der Waals surface area (Å²) in [6.45, 7) is 0.868. The van der Waals surface area contributed by atoms with Crippen molar-refractivity contribution in [1.82, 2.24) is 0 Å². The molecule has 0 saturated carbocycles. The van der Waals surface area contributed by atoms with E-state index in [0.717, 1.165) is 11.8 Å². The molecule has 11 heavy (non-hydrogen) atoms. The smallest absolute Gasteiger partial charge is 0.0159 e. The van der Waals surface area contributed by atoms with Crippen LogP contribution < -0.4 is 5.73 Å². The Morgan fingerprint density at radius 3 is 2.82 bits per heavy atom. The molecule has 0 aromatic rings. The lowest BCUT2D eigenvalue weighted by Gasteiger charge is -2.05. The first-order valence-electron chi connectivity index (χ1n) is 4.42. The Bertz CT molecular complexity index is 92.1. The van der Waals surface area contributed by atoms with Crippen LogP contribution >= 0.6 is 21.6 Å². The zero-order chi connectivity index (χ0) is 7.94. The van der Waals surface area contributed by atoms with Crippen LogP contribution in [0.4, 0.5) is 0 Å². The normalized spacial score (nSPS) is 24.3. The molecule has 1 heterocycles. The highest BCUT2D eigenvalue weighted by molar-refractivity contribution is 8.77. The molecule has 1 nitrogen and oxygen atoms in total. The van der Waals surface area contributed by atoms with Gasteiger partial charge in [0.2, 0.25) is 0 Å². The fraction of sp³-hybridized carbons (Fsp3) is 1.00. The summed E-state index contributed by atoms with van der Waals surface area (Å²) in [6.07, 6.45) is 6.77. The first kappa shape index (κ1) is 9.75. The number of nitrogens with two attached hydrogens (primary N) is 1. The molecule has 1 unspecified atom stereocenters. The summed E-state index contributed by atoms with van der Waals surface area (Å²) in [6, 6.07) is 0. The van der Waals surface area contributed by atoms with Gasteiger partial charge in [0, 0.05) is 11.0 Å². The molecular weight excluding hydrogens is 174 g/mol. The number of rotatable bonds is 5. The van der Waals surface area contributed by atoms with E-state index in [1.165, 1.54) is 37.9 Å². The molecule has 1 atom stereocenters. The summed E-state index contributed by atoms with van der Waals surface area (Å²) in [5.41, 5.74) is 5.41. The molecule has 3 heteroatoms. The SMILES string of the molecule is NCCCCCC1CCSS1. The predicted octanol–water partition coefficient (Wildman–Crippen LogP) is 2.66. The van der Waals surface area contributed by atoms with Gasteiger partial charge in [-0.25, -0.2) is 0 Å². The molecule has 66 valence electrons. The highest BCUT2D eigenvalue weighted by Crippen LogP contribution is 2.39. The van der Waals surface area contributed by atoms with E-state index in [1.54, 1.807) is 0 Å². The van der Waals surface area contributed by atoms with Gasteiger partial charge in [0.1, 0.15) is 0 Å². The Kier molecular flexibility index (Phi) is 5.50. The van der Waals surface area contributed by atoms with Crippen molar-refractivity contribution in [2.24, 2.45) is 5.73 Å². The summed E-state index contributed by atoms with van der Waals surface area (Å²) in [4.78, 5) is 0. The number of unbranched alkanes of at least 4 members (excludes halogenated alkanes) is 2. The molecule has 0 bridgehead atoms. The Hall–Kier alpha value is 0.660. The largest absolute Gasteiger partial charge is 0.330 e. The molecule has 0 amide bonds. The van der Waals surface area contributed by atoms with Crippen molar-refractivity contribution in [2.45, 2.75) is 37.4 Å². The molecule has 0 radical (unpaired) electrons. The monoisotopic (exact) mass is 191 g/mol. The first-order valence-corrected chi connectivity index (χ1v) is 6.80. The third-order valence-electron chi connectivity index (χ3n) is 1.96. The summed E-state index contributed by atoms with van der Waals surface area (Å²) in [5.74, 6) is 1.37. The minimum atomic E-state index is 0.868. The summed E-state index contributed by atoms with van der Waals surface area (Å²) in [5, 5.41) is 0.956. The second-order valence-corrected chi connectivity index (χ2v) is 5.75. The van der Waals surface area contributed by atoms with Crippen molar-refractivity contribution >= 4 is 21.6 Å². The number of hydrogen-bond donors (Lipinski definition) is 1. The van der Waals surface area contributed by atoms with E-state index in [2.05, 4.69) is 10.8 Å². The molecule has 1 aliphatic rings. The lowest BCUT2D eigenvalue weighted by atomic mass is 10.1. The van der Waals surface area contributed by atoms with Crippen molar-refractivity contribution in [2.75, 3.05) is 12.3 Å². The van der Waals surface area contributed by atoms with E-state index in [0.29, 0.717) is 0 Å². The van der Waals surface area contributed by atoms with Crippen molar-refractivity contribution in [3.05, 3.63) is 0 Å². The van der Waals surface area contributed by atoms with Gasteiger partial charge in [0.05, 0.1) is 0 Å². The van der Waals surface area contributed by atoms with Gasteiger partial charge in [-0.15, -0.1) is 0 Å². The maximum Gasteiger partial charge on any atom is 0.0159 e. The van der Waals surface area contributed by atoms with Gasteiger partial charge in [-0.05, 0) is 25.8 Å². The molecule has 2 N–H and O–H groups in total. The topological polar surface area (TPSA) is 26.0 Å². The highest BCUT2D eigenvalue weighted by Gasteiger charge is 2.15. The average Bonchev–Trinajstić information content (AvgIpc) is 2.50. The lowest BCUT2D eigenvalue weighted by Crippen LogP contribution is -2.00. The minimum Gasteiger partial charge on any atom is -0.330 e. The van der Waals surface area contributed by atoms with Crippen LogP contribution in [-0.2, 0) is 0 Å². The van der Waals surface area contributed by atoms with Crippen LogP contribution in [-0.4, -0.2) is 17.5 Å². The van der Waals surface area contributed by atoms with E-state index >= 15 is 0 Å². The van der Waals surface area contributed by atoms with Crippen LogP contribution in [0.3, 0.4) is 0 Å². The molecule has 1 rings (SSSR count). The number of hydrogen-bond acceptors (Lipinski definition) is 3. The molecule has 0 aromatic heterocycles. The standard InChI is InChI=1S/C8H17NS2/c9-6-3-1-2-4-8-5-7-10-11-8/h8H,1-7,9H2. The third-order valence-corrected chi connectivity index (χ3v) is 4.96. The Balaban J connectivity index is 1.86. The van der Waals surface area contributed by atoms with Gasteiger partial charge in [-0.3, -0.25) is 0 Å². The van der Waals surface area contributed by atoms with Crippen molar-refractivity contribution in [3.8, 4) is 0 Å². The van der Waals surface area contributed by atoms with E-state index in [9.17, 15) is 0 Å². The fourth-order valence-corrected chi connectivity index (χ4v) is 4.29. The molecule has 1 aliphatic heterocycles. The molecule has 0 aromatic carbocycles. The molecule has 1 fully saturated rings. The molecule has 0 aliphatic carbocycles. The average molecular weight is 191 g/mol. The molecular formula is C8H17NS2. The first-order chi connectivity index (χ1) is 5.43. The van der Waals surface area contributed by atoms with E-state index in [1.807, 2.05) is 10.8 Å². The van der Waals surface area contributed by atoms with Crippen LogP contribution in [0.15, 0.2) is 0 Å². The van der Waals surface area contributed by atoms with Crippen LogP contribution in [0, 0.1) is 0 Å². The Morgan fingerprint density at radius 2 is 2.18 bits per heavy atom. The quantitative estimate of drug-likeness (QED) is 0.534. The van der Waals surface area contributed by atoms with Gasteiger partial charge in [0.25, 0.3) is 0 Å². The van der Waals surface area contributed by atoms with Crippen LogP contribution in [0.1, 0.15) is 32.1 Å². The maximum atomic E-state index is 5.41. The second-order valence-electron chi connectivity index (χ2n) is 2.97. The molecule has 0 spiro atoms. The van der Waals surface area contributed by atoms with E-state index in [4.69, 9.17) is 5.73 Å². The van der Waals surface area contributed by atoms with Gasteiger partial charge in [-0.1, -0.05) is 34.4 Å². The van der Waals surface area contributed by atoms with Crippen LogP contribution in [0.25, 0.3) is 0 Å². The summed E-state index contributed by atoms with van der Waals surface area (Å²) < 4.78 is 0. The van der Waals surface area contributed by atoms with Gasteiger partial charge in [0.15, 0.2) is 0 Å². The van der Waals surface area contributed by atoms with Gasteiger partial charge in [-0.2, -0.15) is 0 Å². The van der Waals surface area contributed by atoms with Crippen molar-refractivity contribution in [1.29, 1.82) is 0 Å². The summed E-state index contributed by atoms with van der Waals surface area (Å²) >= 11 is 0. The lowest BCUT2D eigenvalue weighted by molar-refractivity contribution is 0.627. The van der Waals surface area contributed by atoms with Crippen LogP contribution in [0.2, 0.25) is 0 Å².